The van der Waals surface area contributed by atoms with Crippen molar-refractivity contribution in [2.24, 2.45) is 0 Å². The normalized spacial score (nSPS) is 15.7. The van der Waals surface area contributed by atoms with E-state index in [1.807, 2.05) is 0 Å². The lowest BCUT2D eigenvalue weighted by Gasteiger charge is -2.32. The maximum Gasteiger partial charge on any atom is 0.416 e. The molecule has 1 saturated heterocycles. The van der Waals surface area contributed by atoms with Gasteiger partial charge in [-0.05, 0) is 38.0 Å². The average Bonchev–Trinajstić information content (AvgIpc) is 3.11. The summed E-state index contributed by atoms with van der Waals surface area (Å²) < 4.78 is 86.5. The molecular formula is C21H24F6N4O3. The van der Waals surface area contributed by atoms with Crippen LogP contribution in [0.3, 0.4) is 0 Å². The Labute approximate surface area is 190 Å². The fraction of sp³-hybridized carbons (Fsp3) is 0.571. The van der Waals surface area contributed by atoms with Crippen LogP contribution in [0.25, 0.3) is 0 Å². The zero-order valence-electron chi connectivity index (χ0n) is 18.5. The van der Waals surface area contributed by atoms with E-state index in [1.54, 1.807) is 6.92 Å². The van der Waals surface area contributed by atoms with Crippen LogP contribution in [-0.4, -0.2) is 52.0 Å². The zero-order valence-corrected chi connectivity index (χ0v) is 18.5. The summed E-state index contributed by atoms with van der Waals surface area (Å²) in [5.74, 6) is -0.560. The minimum atomic E-state index is -5.03. The molecular weight excluding hydrogens is 470 g/mol. The van der Waals surface area contributed by atoms with Gasteiger partial charge < -0.3 is 9.64 Å². The molecule has 0 bridgehead atoms. The lowest BCUT2D eigenvalue weighted by atomic mass is 9.95. The Morgan fingerprint density at radius 1 is 1.06 bits per heavy atom. The van der Waals surface area contributed by atoms with E-state index in [1.165, 1.54) is 21.3 Å². The molecule has 0 atom stereocenters. The number of carbonyl (C=O) groups is 1. The molecule has 0 unspecified atom stereocenters. The Morgan fingerprint density at radius 3 is 2.09 bits per heavy atom. The second kappa shape index (κ2) is 9.80. The molecule has 1 aromatic heterocycles. The highest BCUT2D eigenvalue weighted by molar-refractivity contribution is 5.94. The summed E-state index contributed by atoms with van der Waals surface area (Å²) >= 11 is 0. The van der Waals surface area contributed by atoms with Crippen molar-refractivity contribution in [2.45, 2.75) is 51.1 Å². The van der Waals surface area contributed by atoms with Crippen molar-refractivity contribution < 1.29 is 35.9 Å². The van der Waals surface area contributed by atoms with Gasteiger partial charge in [0.05, 0.1) is 24.3 Å². The van der Waals surface area contributed by atoms with Crippen molar-refractivity contribution in [1.29, 1.82) is 0 Å². The Morgan fingerprint density at radius 2 is 1.62 bits per heavy atom. The van der Waals surface area contributed by atoms with Crippen molar-refractivity contribution in [3.05, 3.63) is 51.2 Å². The first-order valence-electron chi connectivity index (χ1n) is 10.6. The van der Waals surface area contributed by atoms with Gasteiger partial charge in [0.2, 0.25) is 0 Å². The monoisotopic (exact) mass is 494 g/mol. The number of likely N-dealkylation sites (tertiary alicyclic amines) is 1. The summed E-state index contributed by atoms with van der Waals surface area (Å²) in [5, 5.41) is 4.38. The van der Waals surface area contributed by atoms with E-state index in [9.17, 15) is 35.9 Å². The van der Waals surface area contributed by atoms with Crippen LogP contribution in [0, 0.1) is 0 Å². The molecule has 1 aromatic carbocycles. The van der Waals surface area contributed by atoms with Gasteiger partial charge in [0.25, 0.3) is 5.91 Å². The Balaban J connectivity index is 1.80. The number of amides is 1. The maximum atomic E-state index is 13.1. The molecule has 0 radical (unpaired) electrons. The van der Waals surface area contributed by atoms with E-state index >= 15 is 0 Å². The van der Waals surface area contributed by atoms with E-state index < -0.39 is 35.0 Å². The summed E-state index contributed by atoms with van der Waals surface area (Å²) in [5.41, 5.74) is -4.03. The molecule has 1 aliphatic heterocycles. The number of ether oxygens (including phenoxy) is 1. The Kier molecular flexibility index (Phi) is 7.44. The van der Waals surface area contributed by atoms with Crippen LogP contribution in [0.5, 0.6) is 0 Å². The van der Waals surface area contributed by atoms with Crippen LogP contribution in [-0.2, 0) is 30.2 Å². The number of hydrogen-bond acceptors (Lipinski definition) is 4. The molecule has 2 heterocycles. The Bertz CT molecular complexity index is 1050. The number of rotatable bonds is 6. The van der Waals surface area contributed by atoms with Crippen molar-refractivity contribution in [3.8, 4) is 0 Å². The molecule has 0 saturated carbocycles. The second-order valence-electron chi connectivity index (χ2n) is 7.96. The van der Waals surface area contributed by atoms with Crippen LogP contribution in [0.4, 0.5) is 26.3 Å². The maximum absolute atomic E-state index is 13.1. The third kappa shape index (κ3) is 5.45. The number of hydrogen-bond donors (Lipinski definition) is 0. The van der Waals surface area contributed by atoms with Gasteiger partial charge in [-0.15, -0.1) is 0 Å². The molecule has 0 aliphatic carbocycles. The topological polar surface area (TPSA) is 69.4 Å². The van der Waals surface area contributed by atoms with Gasteiger partial charge in [0.1, 0.15) is 5.82 Å². The number of piperidine rings is 1. The largest absolute Gasteiger partial charge is 0.416 e. The molecule has 2 aromatic rings. The first-order chi connectivity index (χ1) is 15.9. The number of alkyl halides is 6. The molecule has 13 heteroatoms. The van der Waals surface area contributed by atoms with E-state index in [4.69, 9.17) is 4.74 Å². The quantitative estimate of drug-likeness (QED) is 0.574. The molecule has 3 rings (SSSR count). The zero-order chi connectivity index (χ0) is 25.3. The van der Waals surface area contributed by atoms with Crippen molar-refractivity contribution in [1.82, 2.24) is 19.2 Å². The molecule has 7 nitrogen and oxygen atoms in total. The standard InChI is InChI=1S/C21H24F6N4O3/c1-3-30-17(28-31(19(30)33)8-9-34-2)13-4-6-29(7-5-13)18(32)14-10-15(20(22,23)24)12-16(11-14)21(25,26)27/h10-13H,3-9H2,1-2H3. The number of carbonyl (C=O) groups excluding carboxylic acids is 1. The third-order valence-corrected chi connectivity index (χ3v) is 5.76. The lowest BCUT2D eigenvalue weighted by molar-refractivity contribution is -0.143. The molecule has 0 N–H and O–H groups in total. The first kappa shape index (κ1) is 25.8. The van der Waals surface area contributed by atoms with Crippen LogP contribution < -0.4 is 5.69 Å². The smallest absolute Gasteiger partial charge is 0.383 e. The highest BCUT2D eigenvalue weighted by Gasteiger charge is 2.38. The van der Waals surface area contributed by atoms with Gasteiger partial charge in [-0.3, -0.25) is 9.36 Å². The predicted molar refractivity (Wildman–Crippen MR) is 108 cm³/mol. The predicted octanol–water partition coefficient (Wildman–Crippen LogP) is 3.77. The van der Waals surface area contributed by atoms with E-state index in [-0.39, 0.29) is 37.3 Å². The minimum absolute atomic E-state index is 0.00701. The van der Waals surface area contributed by atoms with Crippen LogP contribution in [0.1, 0.15) is 53.0 Å². The van der Waals surface area contributed by atoms with Gasteiger partial charge in [0.15, 0.2) is 0 Å². The highest BCUT2D eigenvalue weighted by Crippen LogP contribution is 2.37. The number of benzene rings is 1. The number of methoxy groups -OCH3 is 1. The lowest BCUT2D eigenvalue weighted by Crippen LogP contribution is -2.38. The molecule has 1 fully saturated rings. The number of halogens is 6. The first-order valence-corrected chi connectivity index (χ1v) is 10.6. The van der Waals surface area contributed by atoms with Crippen LogP contribution >= 0.6 is 0 Å². The van der Waals surface area contributed by atoms with E-state index in [0.717, 1.165) is 0 Å². The summed E-state index contributed by atoms with van der Waals surface area (Å²) in [6.07, 6.45) is -9.35. The highest BCUT2D eigenvalue weighted by atomic mass is 19.4. The summed E-state index contributed by atoms with van der Waals surface area (Å²) in [7, 11) is 1.50. The van der Waals surface area contributed by atoms with Gasteiger partial charge in [-0.1, -0.05) is 0 Å². The minimum Gasteiger partial charge on any atom is -0.383 e. The van der Waals surface area contributed by atoms with E-state index in [2.05, 4.69) is 5.10 Å². The number of nitrogens with zero attached hydrogens (tertiary/aromatic N) is 4. The molecule has 188 valence electrons. The van der Waals surface area contributed by atoms with Gasteiger partial charge >= 0.3 is 18.0 Å². The van der Waals surface area contributed by atoms with Crippen molar-refractivity contribution >= 4 is 5.91 Å². The Hall–Kier alpha value is -2.83. The second-order valence-corrected chi connectivity index (χ2v) is 7.96. The van der Waals surface area contributed by atoms with Crippen LogP contribution in [0.2, 0.25) is 0 Å². The SMILES string of the molecule is CCn1c(C2CCN(C(=O)c3cc(C(F)(F)F)cc(C(F)(F)F)c3)CC2)nn(CCOC)c1=O. The average molecular weight is 494 g/mol. The van der Waals surface area contributed by atoms with E-state index in [0.29, 0.717) is 44.0 Å². The molecule has 0 spiro atoms. The summed E-state index contributed by atoms with van der Waals surface area (Å²) in [4.78, 5) is 26.5. The third-order valence-electron chi connectivity index (χ3n) is 5.76. The molecule has 34 heavy (non-hydrogen) atoms. The van der Waals surface area contributed by atoms with Gasteiger partial charge in [-0.25, -0.2) is 9.48 Å². The van der Waals surface area contributed by atoms with Crippen molar-refractivity contribution in [2.75, 3.05) is 26.8 Å². The summed E-state index contributed by atoms with van der Waals surface area (Å²) in [6.45, 7) is 2.93. The fourth-order valence-corrected chi connectivity index (χ4v) is 3.98. The van der Waals surface area contributed by atoms with Crippen molar-refractivity contribution in [3.63, 3.8) is 0 Å². The molecule has 1 aliphatic rings. The van der Waals surface area contributed by atoms with Crippen LogP contribution in [0.15, 0.2) is 23.0 Å². The van der Waals surface area contributed by atoms with Gasteiger partial charge in [-0.2, -0.15) is 31.4 Å². The fourth-order valence-electron chi connectivity index (χ4n) is 3.98. The number of aromatic nitrogens is 3. The summed E-state index contributed by atoms with van der Waals surface area (Å²) in [6, 6.07) is 0.874. The van der Waals surface area contributed by atoms with Gasteiger partial charge in [0, 0.05) is 38.2 Å². The molecule has 1 amide bonds.